The maximum absolute atomic E-state index is 14.0. The molecule has 1 aliphatic rings. The molecule has 0 aliphatic carbocycles. The number of para-hydroxylation sites is 1. The van der Waals surface area contributed by atoms with E-state index in [9.17, 15) is 14.0 Å². The smallest absolute Gasteiger partial charge is 0.408 e. The molecular formula is C21H32FN3O3. The zero-order chi connectivity index (χ0) is 20.9. The van der Waals surface area contributed by atoms with E-state index in [-0.39, 0.29) is 17.6 Å². The molecule has 6 nitrogen and oxygen atoms in total. The van der Waals surface area contributed by atoms with Gasteiger partial charge in [-0.3, -0.25) is 4.79 Å². The van der Waals surface area contributed by atoms with Crippen LogP contribution in [0.15, 0.2) is 24.3 Å². The normalized spacial score (nSPS) is 16.1. The van der Waals surface area contributed by atoms with E-state index in [0.717, 1.165) is 0 Å². The van der Waals surface area contributed by atoms with Gasteiger partial charge in [0.1, 0.15) is 17.5 Å². The van der Waals surface area contributed by atoms with Gasteiger partial charge in [0.2, 0.25) is 5.91 Å². The number of benzene rings is 1. The van der Waals surface area contributed by atoms with Gasteiger partial charge in [-0.25, -0.2) is 9.18 Å². The Morgan fingerprint density at radius 1 is 1.14 bits per heavy atom. The molecule has 28 heavy (non-hydrogen) atoms. The Bertz CT molecular complexity index is 680. The molecule has 1 fully saturated rings. The van der Waals surface area contributed by atoms with E-state index in [1.54, 1.807) is 43.9 Å². The molecule has 1 saturated heterocycles. The molecule has 0 bridgehead atoms. The summed E-state index contributed by atoms with van der Waals surface area (Å²) >= 11 is 0. The van der Waals surface area contributed by atoms with E-state index in [0.29, 0.717) is 38.3 Å². The van der Waals surface area contributed by atoms with Gasteiger partial charge in [-0.2, -0.15) is 0 Å². The first-order valence-electron chi connectivity index (χ1n) is 9.84. The number of hydrogen-bond donors (Lipinski definition) is 1. The first kappa shape index (κ1) is 22.0. The Labute approximate surface area is 167 Å². The third-order valence-electron chi connectivity index (χ3n) is 4.48. The summed E-state index contributed by atoms with van der Waals surface area (Å²) < 4.78 is 19.3. The lowest BCUT2D eigenvalue weighted by Crippen LogP contribution is -2.55. The highest BCUT2D eigenvalue weighted by atomic mass is 19.1. The van der Waals surface area contributed by atoms with Crippen molar-refractivity contribution >= 4 is 17.7 Å². The van der Waals surface area contributed by atoms with Gasteiger partial charge in [0.15, 0.2) is 0 Å². The Hall–Kier alpha value is -2.31. The average molecular weight is 394 g/mol. The van der Waals surface area contributed by atoms with Gasteiger partial charge in [0, 0.05) is 26.2 Å². The van der Waals surface area contributed by atoms with Crippen LogP contribution in [0.25, 0.3) is 0 Å². The van der Waals surface area contributed by atoms with E-state index in [1.165, 1.54) is 6.07 Å². The number of piperazine rings is 1. The minimum Gasteiger partial charge on any atom is -0.444 e. The molecule has 1 N–H and O–H groups in total. The minimum atomic E-state index is -0.630. The van der Waals surface area contributed by atoms with Crippen molar-refractivity contribution in [1.29, 1.82) is 0 Å². The zero-order valence-corrected chi connectivity index (χ0v) is 17.5. The molecule has 7 heteroatoms. The van der Waals surface area contributed by atoms with E-state index in [1.807, 2.05) is 18.7 Å². The van der Waals surface area contributed by atoms with Crippen molar-refractivity contribution < 1.29 is 18.7 Å². The van der Waals surface area contributed by atoms with Crippen LogP contribution in [0.4, 0.5) is 14.9 Å². The predicted octanol–water partition coefficient (Wildman–Crippen LogP) is 3.41. The summed E-state index contributed by atoms with van der Waals surface area (Å²) in [6, 6.07) is 6.03. The van der Waals surface area contributed by atoms with Gasteiger partial charge in [-0.1, -0.05) is 26.0 Å². The number of nitrogens with zero attached hydrogens (tertiary/aromatic N) is 2. The summed E-state index contributed by atoms with van der Waals surface area (Å²) in [5.74, 6) is -0.136. The predicted molar refractivity (Wildman–Crippen MR) is 108 cm³/mol. The van der Waals surface area contributed by atoms with Crippen molar-refractivity contribution in [1.82, 2.24) is 10.2 Å². The molecule has 1 aliphatic heterocycles. The molecular weight excluding hydrogens is 361 g/mol. The number of anilines is 1. The maximum Gasteiger partial charge on any atom is 0.408 e. The lowest BCUT2D eigenvalue weighted by atomic mass is 10.0. The van der Waals surface area contributed by atoms with E-state index < -0.39 is 17.7 Å². The van der Waals surface area contributed by atoms with Gasteiger partial charge in [0.05, 0.1) is 5.69 Å². The Morgan fingerprint density at radius 3 is 2.29 bits per heavy atom. The molecule has 0 aromatic heterocycles. The van der Waals surface area contributed by atoms with Gasteiger partial charge in [-0.05, 0) is 45.2 Å². The summed E-state index contributed by atoms with van der Waals surface area (Å²) in [5.41, 5.74) is -0.0684. The van der Waals surface area contributed by atoms with Crippen molar-refractivity contribution in [2.24, 2.45) is 5.92 Å². The van der Waals surface area contributed by atoms with E-state index in [4.69, 9.17) is 4.74 Å². The fraction of sp³-hybridized carbons (Fsp3) is 0.619. The Balaban J connectivity index is 1.99. The minimum absolute atomic E-state index is 0.118. The van der Waals surface area contributed by atoms with Crippen LogP contribution in [0, 0.1) is 11.7 Å². The first-order chi connectivity index (χ1) is 13.1. The molecule has 2 rings (SSSR count). The van der Waals surface area contributed by atoms with Gasteiger partial charge in [0.25, 0.3) is 0 Å². The molecule has 1 unspecified atom stereocenters. The molecule has 156 valence electrons. The molecule has 1 atom stereocenters. The Kier molecular flexibility index (Phi) is 7.27. The Morgan fingerprint density at radius 2 is 1.75 bits per heavy atom. The van der Waals surface area contributed by atoms with Crippen molar-refractivity contribution in [3.8, 4) is 0 Å². The second-order valence-corrected chi connectivity index (χ2v) is 8.59. The number of alkyl carbamates (subject to hydrolysis) is 1. The fourth-order valence-electron chi connectivity index (χ4n) is 3.24. The van der Waals surface area contributed by atoms with Crippen molar-refractivity contribution in [2.75, 3.05) is 31.1 Å². The summed E-state index contributed by atoms with van der Waals surface area (Å²) in [6.07, 6.45) is -0.0532. The average Bonchev–Trinajstić information content (AvgIpc) is 2.59. The lowest BCUT2D eigenvalue weighted by molar-refractivity contribution is -0.134. The van der Waals surface area contributed by atoms with Crippen molar-refractivity contribution in [3.63, 3.8) is 0 Å². The first-order valence-corrected chi connectivity index (χ1v) is 9.84. The zero-order valence-electron chi connectivity index (χ0n) is 17.5. The molecule has 1 aromatic carbocycles. The van der Waals surface area contributed by atoms with Crippen molar-refractivity contribution in [2.45, 2.75) is 52.7 Å². The highest BCUT2D eigenvalue weighted by molar-refractivity contribution is 5.86. The number of hydrogen-bond acceptors (Lipinski definition) is 4. The van der Waals surface area contributed by atoms with Crippen LogP contribution in [0.1, 0.15) is 41.0 Å². The summed E-state index contributed by atoms with van der Waals surface area (Å²) in [5, 5.41) is 2.73. The van der Waals surface area contributed by atoms with Gasteiger partial charge in [-0.15, -0.1) is 0 Å². The topological polar surface area (TPSA) is 61.9 Å². The van der Waals surface area contributed by atoms with Gasteiger partial charge >= 0.3 is 6.09 Å². The van der Waals surface area contributed by atoms with Crippen LogP contribution in [-0.4, -0.2) is 54.7 Å². The number of carbonyl (C=O) groups is 2. The van der Waals surface area contributed by atoms with E-state index >= 15 is 0 Å². The summed E-state index contributed by atoms with van der Waals surface area (Å²) in [6.45, 7) is 11.4. The number of halogens is 1. The van der Waals surface area contributed by atoms with Gasteiger partial charge < -0.3 is 19.9 Å². The number of ether oxygens (including phenoxy) is 1. The highest BCUT2D eigenvalue weighted by Gasteiger charge is 2.31. The quantitative estimate of drug-likeness (QED) is 0.833. The number of nitrogens with one attached hydrogen (secondary N) is 1. The molecule has 1 aromatic rings. The third kappa shape index (κ3) is 6.39. The second-order valence-electron chi connectivity index (χ2n) is 8.59. The van der Waals surface area contributed by atoms with Crippen LogP contribution in [0.3, 0.4) is 0 Å². The molecule has 1 heterocycles. The van der Waals surface area contributed by atoms with Crippen molar-refractivity contribution in [3.05, 3.63) is 30.1 Å². The molecule has 2 amide bonds. The molecule has 0 spiro atoms. The fourth-order valence-corrected chi connectivity index (χ4v) is 3.24. The highest BCUT2D eigenvalue weighted by Crippen LogP contribution is 2.21. The van der Waals surface area contributed by atoms with Crippen LogP contribution < -0.4 is 10.2 Å². The lowest BCUT2D eigenvalue weighted by Gasteiger charge is -2.38. The van der Waals surface area contributed by atoms with Crippen LogP contribution in [-0.2, 0) is 9.53 Å². The largest absolute Gasteiger partial charge is 0.444 e. The van der Waals surface area contributed by atoms with Crippen LogP contribution in [0.2, 0.25) is 0 Å². The second kappa shape index (κ2) is 9.26. The monoisotopic (exact) mass is 393 g/mol. The molecule has 0 saturated carbocycles. The van der Waals surface area contributed by atoms with E-state index in [2.05, 4.69) is 5.32 Å². The third-order valence-corrected chi connectivity index (χ3v) is 4.48. The van der Waals surface area contributed by atoms with Crippen LogP contribution >= 0.6 is 0 Å². The standard InChI is InChI=1S/C21H32FN3O3/c1-15(2)14-17(23-20(27)28-21(3,4)5)19(26)25-12-10-24(11-13-25)18-9-7-6-8-16(18)22/h6-9,15,17H,10-14H2,1-5H3,(H,23,27). The number of carbonyl (C=O) groups excluding carboxylic acids is 2. The number of rotatable bonds is 5. The maximum atomic E-state index is 14.0. The molecule has 0 radical (unpaired) electrons. The summed E-state index contributed by atoms with van der Waals surface area (Å²) in [7, 11) is 0. The number of amides is 2. The SMILES string of the molecule is CC(C)CC(NC(=O)OC(C)(C)C)C(=O)N1CCN(c2ccccc2F)CC1. The summed E-state index contributed by atoms with van der Waals surface area (Å²) in [4.78, 5) is 28.8. The van der Waals surface area contributed by atoms with Crippen LogP contribution in [0.5, 0.6) is 0 Å².